The van der Waals surface area contributed by atoms with Crippen LogP contribution in [-0.2, 0) is 11.3 Å². The molecular weight excluding hydrogens is 208 g/mol. The van der Waals surface area contributed by atoms with Crippen molar-refractivity contribution in [2.45, 2.75) is 20.0 Å². The van der Waals surface area contributed by atoms with Gasteiger partial charge in [0.05, 0.1) is 6.61 Å². The van der Waals surface area contributed by atoms with Gasteiger partial charge in [-0.2, -0.15) is 0 Å². The fourth-order valence-corrected chi connectivity index (χ4v) is 1.76. The molecule has 2 aromatic carbocycles. The van der Waals surface area contributed by atoms with Crippen molar-refractivity contribution in [2.24, 2.45) is 0 Å². The van der Waals surface area contributed by atoms with E-state index < -0.39 is 0 Å². The van der Waals surface area contributed by atoms with E-state index in [1.165, 1.54) is 16.7 Å². The van der Waals surface area contributed by atoms with Crippen molar-refractivity contribution in [3.8, 4) is 11.1 Å². The maximum absolute atomic E-state index is 5.51. The van der Waals surface area contributed by atoms with Gasteiger partial charge >= 0.3 is 0 Å². The Morgan fingerprint density at radius 2 is 1.47 bits per heavy atom. The third kappa shape index (κ3) is 3.43. The molecule has 0 radical (unpaired) electrons. The number of hydrogen-bond acceptors (Lipinski definition) is 1. The van der Waals surface area contributed by atoms with Gasteiger partial charge in [0, 0.05) is 6.61 Å². The number of ether oxygens (including phenoxy) is 1. The molecule has 0 fully saturated rings. The van der Waals surface area contributed by atoms with Crippen LogP contribution < -0.4 is 0 Å². The molecule has 0 unspecified atom stereocenters. The molecule has 0 amide bonds. The second-order valence-corrected chi connectivity index (χ2v) is 4.12. The molecule has 88 valence electrons. The first-order valence-corrected chi connectivity index (χ1v) is 6.12. The van der Waals surface area contributed by atoms with Gasteiger partial charge in [0.25, 0.3) is 0 Å². The van der Waals surface area contributed by atoms with Crippen LogP contribution in [0.3, 0.4) is 0 Å². The van der Waals surface area contributed by atoms with E-state index in [4.69, 9.17) is 4.74 Å². The molecule has 2 rings (SSSR count). The topological polar surface area (TPSA) is 9.23 Å². The van der Waals surface area contributed by atoms with Crippen LogP contribution in [0.1, 0.15) is 18.9 Å². The Morgan fingerprint density at radius 1 is 0.824 bits per heavy atom. The zero-order valence-corrected chi connectivity index (χ0v) is 10.2. The van der Waals surface area contributed by atoms with Crippen LogP contribution in [-0.4, -0.2) is 6.61 Å². The lowest BCUT2D eigenvalue weighted by Gasteiger charge is -2.05. The summed E-state index contributed by atoms with van der Waals surface area (Å²) in [5, 5.41) is 0. The number of hydrogen-bond donors (Lipinski definition) is 0. The number of rotatable bonds is 5. The van der Waals surface area contributed by atoms with Gasteiger partial charge in [-0.3, -0.25) is 0 Å². The van der Waals surface area contributed by atoms with Gasteiger partial charge in [0.2, 0.25) is 0 Å². The summed E-state index contributed by atoms with van der Waals surface area (Å²) in [6.45, 7) is 3.67. The molecule has 0 atom stereocenters. The lowest BCUT2D eigenvalue weighted by Crippen LogP contribution is -1.93. The first-order valence-electron chi connectivity index (χ1n) is 6.12. The van der Waals surface area contributed by atoms with Crippen molar-refractivity contribution in [3.63, 3.8) is 0 Å². The van der Waals surface area contributed by atoms with Crippen LogP contribution >= 0.6 is 0 Å². The SMILES string of the molecule is CCCOCc1ccc(-c2ccccc2)cc1. The van der Waals surface area contributed by atoms with Gasteiger partial charge < -0.3 is 4.74 Å². The third-order valence-electron chi connectivity index (χ3n) is 2.68. The van der Waals surface area contributed by atoms with Crippen molar-refractivity contribution in [3.05, 3.63) is 60.2 Å². The molecule has 0 aromatic heterocycles. The maximum Gasteiger partial charge on any atom is 0.0716 e. The smallest absolute Gasteiger partial charge is 0.0716 e. The highest BCUT2D eigenvalue weighted by Crippen LogP contribution is 2.19. The fourth-order valence-electron chi connectivity index (χ4n) is 1.76. The molecule has 0 aliphatic heterocycles. The van der Waals surface area contributed by atoms with Crippen LogP contribution in [0, 0.1) is 0 Å². The van der Waals surface area contributed by atoms with Gasteiger partial charge in [-0.15, -0.1) is 0 Å². The molecule has 0 saturated carbocycles. The summed E-state index contributed by atoms with van der Waals surface area (Å²) >= 11 is 0. The Morgan fingerprint density at radius 3 is 2.12 bits per heavy atom. The largest absolute Gasteiger partial charge is 0.377 e. The average molecular weight is 226 g/mol. The van der Waals surface area contributed by atoms with E-state index in [1.807, 2.05) is 6.07 Å². The quantitative estimate of drug-likeness (QED) is 0.691. The van der Waals surface area contributed by atoms with Crippen molar-refractivity contribution in [2.75, 3.05) is 6.61 Å². The summed E-state index contributed by atoms with van der Waals surface area (Å²) < 4.78 is 5.51. The van der Waals surface area contributed by atoms with E-state index in [0.29, 0.717) is 6.61 Å². The van der Waals surface area contributed by atoms with Gasteiger partial charge in [-0.25, -0.2) is 0 Å². The van der Waals surface area contributed by atoms with Gasteiger partial charge in [0.1, 0.15) is 0 Å². The predicted molar refractivity (Wildman–Crippen MR) is 71.8 cm³/mol. The van der Waals surface area contributed by atoms with Crippen LogP contribution in [0.4, 0.5) is 0 Å². The van der Waals surface area contributed by atoms with E-state index in [1.54, 1.807) is 0 Å². The minimum absolute atomic E-state index is 0.711. The van der Waals surface area contributed by atoms with E-state index in [0.717, 1.165) is 13.0 Å². The van der Waals surface area contributed by atoms with Crippen LogP contribution in [0.5, 0.6) is 0 Å². The lowest BCUT2D eigenvalue weighted by atomic mass is 10.0. The molecule has 0 N–H and O–H groups in total. The molecule has 0 heterocycles. The molecule has 0 spiro atoms. The highest BCUT2D eigenvalue weighted by atomic mass is 16.5. The highest BCUT2D eigenvalue weighted by molar-refractivity contribution is 5.63. The molecule has 2 aromatic rings. The fraction of sp³-hybridized carbons (Fsp3) is 0.250. The zero-order valence-electron chi connectivity index (χ0n) is 10.2. The van der Waals surface area contributed by atoms with Crippen molar-refractivity contribution < 1.29 is 4.74 Å². The molecule has 0 saturated heterocycles. The average Bonchev–Trinajstić information content (AvgIpc) is 2.41. The molecular formula is C16H18O. The van der Waals surface area contributed by atoms with E-state index in [2.05, 4.69) is 55.5 Å². The van der Waals surface area contributed by atoms with Crippen molar-refractivity contribution in [1.82, 2.24) is 0 Å². The van der Waals surface area contributed by atoms with Crippen LogP contribution in [0.2, 0.25) is 0 Å². The van der Waals surface area contributed by atoms with Crippen molar-refractivity contribution >= 4 is 0 Å². The first kappa shape index (κ1) is 11.9. The predicted octanol–water partition coefficient (Wildman–Crippen LogP) is 4.28. The Hall–Kier alpha value is -1.60. The monoisotopic (exact) mass is 226 g/mol. The molecule has 0 bridgehead atoms. The minimum atomic E-state index is 0.711. The standard InChI is InChI=1S/C16H18O/c1-2-12-17-13-14-8-10-16(11-9-14)15-6-4-3-5-7-15/h3-11H,2,12-13H2,1H3. The molecule has 1 nitrogen and oxygen atoms in total. The van der Waals surface area contributed by atoms with Crippen LogP contribution in [0.15, 0.2) is 54.6 Å². The Kier molecular flexibility index (Phi) is 4.34. The van der Waals surface area contributed by atoms with Gasteiger partial charge in [-0.05, 0) is 23.1 Å². The summed E-state index contributed by atoms with van der Waals surface area (Å²) in [4.78, 5) is 0. The van der Waals surface area contributed by atoms with E-state index >= 15 is 0 Å². The Labute approximate surface area is 103 Å². The first-order chi connectivity index (χ1) is 8.40. The molecule has 0 aliphatic rings. The van der Waals surface area contributed by atoms with Crippen molar-refractivity contribution in [1.29, 1.82) is 0 Å². The Balaban J connectivity index is 2.03. The number of benzene rings is 2. The third-order valence-corrected chi connectivity index (χ3v) is 2.68. The van der Waals surface area contributed by atoms with Gasteiger partial charge in [-0.1, -0.05) is 61.5 Å². The summed E-state index contributed by atoms with van der Waals surface area (Å²) in [6, 6.07) is 19.0. The lowest BCUT2D eigenvalue weighted by molar-refractivity contribution is 0.121. The summed E-state index contributed by atoms with van der Waals surface area (Å²) in [5.74, 6) is 0. The van der Waals surface area contributed by atoms with Crippen LogP contribution in [0.25, 0.3) is 11.1 Å². The second kappa shape index (κ2) is 6.21. The zero-order chi connectivity index (χ0) is 11.9. The minimum Gasteiger partial charge on any atom is -0.377 e. The van der Waals surface area contributed by atoms with E-state index in [9.17, 15) is 0 Å². The maximum atomic E-state index is 5.51. The highest BCUT2D eigenvalue weighted by Gasteiger charge is 1.97. The van der Waals surface area contributed by atoms with Gasteiger partial charge in [0.15, 0.2) is 0 Å². The summed E-state index contributed by atoms with van der Waals surface area (Å²) in [5.41, 5.74) is 3.75. The molecule has 1 heteroatoms. The normalized spacial score (nSPS) is 10.4. The second-order valence-electron chi connectivity index (χ2n) is 4.12. The summed E-state index contributed by atoms with van der Waals surface area (Å²) in [6.07, 6.45) is 1.07. The Bertz CT molecular complexity index is 431. The van der Waals surface area contributed by atoms with E-state index in [-0.39, 0.29) is 0 Å². The summed E-state index contributed by atoms with van der Waals surface area (Å²) in [7, 11) is 0. The molecule has 0 aliphatic carbocycles. The molecule has 17 heavy (non-hydrogen) atoms.